The number of fused-ring (bicyclic) bond motifs is 1. The number of allylic oxidation sites excluding steroid dienone is 6. The first-order valence-corrected chi connectivity index (χ1v) is 7.36. The minimum Gasteiger partial charge on any atom is -0.423 e. The van der Waals surface area contributed by atoms with E-state index < -0.39 is 64.1 Å². The van der Waals surface area contributed by atoms with Crippen LogP contribution in [0.1, 0.15) is 6.42 Å². The molecule has 0 heterocycles. The summed E-state index contributed by atoms with van der Waals surface area (Å²) in [7, 11) is -2.91. The van der Waals surface area contributed by atoms with Crippen molar-refractivity contribution in [3.63, 3.8) is 0 Å². The van der Waals surface area contributed by atoms with Crippen LogP contribution in [-0.4, -0.2) is 17.2 Å². The third kappa shape index (κ3) is 3.91. The van der Waals surface area contributed by atoms with Crippen LogP contribution in [0.3, 0.4) is 0 Å². The van der Waals surface area contributed by atoms with Crippen molar-refractivity contribution in [1.82, 2.24) is 0 Å². The minimum atomic E-state index is -2.91. The summed E-state index contributed by atoms with van der Waals surface area (Å²) < 4.78 is 92.8. The van der Waals surface area contributed by atoms with Gasteiger partial charge in [0.2, 0.25) is 0 Å². The first-order valence-electron chi connectivity index (χ1n) is 7.36. The normalized spacial score (nSPS) is 12.8. The van der Waals surface area contributed by atoms with Crippen LogP contribution >= 0.6 is 0 Å². The van der Waals surface area contributed by atoms with Crippen molar-refractivity contribution in [2.75, 3.05) is 0 Å². The molecule has 0 aromatic heterocycles. The van der Waals surface area contributed by atoms with Crippen molar-refractivity contribution in [2.24, 2.45) is 0 Å². The van der Waals surface area contributed by atoms with Crippen molar-refractivity contribution in [2.45, 2.75) is 6.42 Å². The van der Waals surface area contributed by atoms with E-state index in [1.807, 2.05) is 12.2 Å². The lowest BCUT2D eigenvalue weighted by atomic mass is 9.76. The molecule has 27 heavy (non-hydrogen) atoms. The van der Waals surface area contributed by atoms with E-state index in [9.17, 15) is 30.7 Å². The van der Waals surface area contributed by atoms with E-state index in [0.29, 0.717) is 0 Å². The molecule has 0 fully saturated rings. The molecule has 0 aliphatic heterocycles. The van der Waals surface area contributed by atoms with Gasteiger partial charge in [-0.2, -0.15) is 0 Å². The van der Waals surface area contributed by atoms with Gasteiger partial charge >= 0.3 is 7.12 Å². The summed E-state index contributed by atoms with van der Waals surface area (Å²) in [5.74, 6) is -16.4. The Balaban J connectivity index is 0.000000313. The SMILES string of the molecule is C1=CC=CCC=C1.OB(O)c1c(F)c(F)c(F)c2c(F)c(F)c(F)c(F)c12. The molecule has 10 heteroatoms. The molecule has 0 atom stereocenters. The predicted octanol–water partition coefficient (Wildman–Crippen LogP) is 3.55. The summed E-state index contributed by atoms with van der Waals surface area (Å²) in [6, 6.07) is 0. The molecule has 0 bridgehead atoms. The Kier molecular flexibility index (Phi) is 6.45. The van der Waals surface area contributed by atoms with Crippen LogP contribution in [-0.2, 0) is 0 Å². The molecule has 0 saturated carbocycles. The van der Waals surface area contributed by atoms with E-state index in [1.54, 1.807) is 0 Å². The fourth-order valence-electron chi connectivity index (χ4n) is 2.29. The van der Waals surface area contributed by atoms with E-state index in [0.717, 1.165) is 6.42 Å². The molecule has 2 aromatic carbocycles. The summed E-state index contributed by atoms with van der Waals surface area (Å²) in [5.41, 5.74) is -1.64. The monoisotopic (exact) mass is 390 g/mol. The van der Waals surface area contributed by atoms with Crippen molar-refractivity contribution >= 4 is 23.4 Å². The van der Waals surface area contributed by atoms with Crippen LogP contribution in [0, 0.1) is 40.7 Å². The Morgan fingerprint density at radius 1 is 0.556 bits per heavy atom. The van der Waals surface area contributed by atoms with E-state index in [-0.39, 0.29) is 0 Å². The second kappa shape index (κ2) is 8.40. The van der Waals surface area contributed by atoms with Gasteiger partial charge in [-0.3, -0.25) is 0 Å². The Labute approximate surface area is 148 Å². The summed E-state index contributed by atoms with van der Waals surface area (Å²) in [5, 5.41) is 14.2. The Morgan fingerprint density at radius 3 is 1.41 bits per heavy atom. The van der Waals surface area contributed by atoms with Crippen LogP contribution in [0.2, 0.25) is 0 Å². The molecule has 2 nitrogen and oxygen atoms in total. The van der Waals surface area contributed by atoms with Gasteiger partial charge in [0.15, 0.2) is 40.7 Å². The molecular formula is C17H10BF7O2. The van der Waals surface area contributed by atoms with Gasteiger partial charge in [-0.15, -0.1) is 0 Å². The summed E-state index contributed by atoms with van der Waals surface area (Å²) >= 11 is 0. The molecule has 1 aliphatic rings. The topological polar surface area (TPSA) is 40.5 Å². The highest BCUT2D eigenvalue weighted by Gasteiger charge is 2.34. The molecular weight excluding hydrogens is 380 g/mol. The van der Waals surface area contributed by atoms with Gasteiger partial charge in [0, 0.05) is 10.8 Å². The molecule has 0 spiro atoms. The number of benzene rings is 2. The highest BCUT2D eigenvalue weighted by molar-refractivity contribution is 6.62. The number of halogens is 7. The van der Waals surface area contributed by atoms with Crippen LogP contribution in [0.4, 0.5) is 30.7 Å². The average molecular weight is 390 g/mol. The average Bonchev–Trinajstić information content (AvgIpc) is 2.95. The number of hydrogen-bond acceptors (Lipinski definition) is 2. The van der Waals surface area contributed by atoms with E-state index >= 15 is 0 Å². The Morgan fingerprint density at radius 2 is 0.963 bits per heavy atom. The largest absolute Gasteiger partial charge is 0.492 e. The summed E-state index contributed by atoms with van der Waals surface area (Å²) in [4.78, 5) is 0. The van der Waals surface area contributed by atoms with Crippen LogP contribution in [0.25, 0.3) is 10.8 Å². The third-order valence-corrected chi connectivity index (χ3v) is 3.51. The summed E-state index contributed by atoms with van der Waals surface area (Å²) in [6.07, 6.45) is 13.5. The first-order chi connectivity index (χ1) is 12.7. The minimum absolute atomic E-state index is 1.08. The van der Waals surface area contributed by atoms with Gasteiger partial charge < -0.3 is 10.0 Å². The molecule has 2 N–H and O–H groups in total. The number of hydrogen-bond donors (Lipinski definition) is 2. The van der Waals surface area contributed by atoms with Gasteiger partial charge in [0.05, 0.1) is 5.39 Å². The predicted molar refractivity (Wildman–Crippen MR) is 85.5 cm³/mol. The van der Waals surface area contributed by atoms with E-state index in [2.05, 4.69) is 24.3 Å². The lowest BCUT2D eigenvalue weighted by molar-refractivity contribution is 0.405. The van der Waals surface area contributed by atoms with Crippen molar-refractivity contribution < 1.29 is 40.8 Å². The Bertz CT molecular complexity index is 946. The van der Waals surface area contributed by atoms with Gasteiger partial charge in [0.1, 0.15) is 0 Å². The van der Waals surface area contributed by atoms with E-state index in [4.69, 9.17) is 10.0 Å². The fraction of sp³-hybridized carbons (Fsp3) is 0.0588. The molecule has 2 aromatic rings. The van der Waals surface area contributed by atoms with E-state index in [1.165, 1.54) is 0 Å². The molecule has 0 amide bonds. The molecule has 3 rings (SSSR count). The maximum atomic E-state index is 13.5. The van der Waals surface area contributed by atoms with Gasteiger partial charge in [0.25, 0.3) is 0 Å². The third-order valence-electron chi connectivity index (χ3n) is 3.51. The zero-order chi connectivity index (χ0) is 20.3. The molecule has 1 aliphatic carbocycles. The van der Waals surface area contributed by atoms with Crippen molar-refractivity contribution in [3.8, 4) is 0 Å². The molecule has 142 valence electrons. The maximum absolute atomic E-state index is 13.5. The van der Waals surface area contributed by atoms with Crippen LogP contribution in [0.15, 0.2) is 36.5 Å². The zero-order valence-corrected chi connectivity index (χ0v) is 13.3. The highest BCUT2D eigenvalue weighted by atomic mass is 19.2. The fourth-order valence-corrected chi connectivity index (χ4v) is 2.29. The van der Waals surface area contributed by atoms with Crippen molar-refractivity contribution in [1.29, 1.82) is 0 Å². The standard InChI is InChI=1S/C10H2BF7O2.C7H8/c12-4-1-2(6(14)10(18)9(4)17)5(13)8(16)7(15)3(1)11(19)20;1-2-4-6-7-5-3-1/h19-20H;1-6H,7H2. The lowest BCUT2D eigenvalue weighted by Crippen LogP contribution is -2.36. The Hall–Kier alpha value is -2.59. The summed E-state index contributed by atoms with van der Waals surface area (Å²) in [6.45, 7) is 0. The highest BCUT2D eigenvalue weighted by Crippen LogP contribution is 2.30. The molecule has 0 radical (unpaired) electrons. The van der Waals surface area contributed by atoms with Gasteiger partial charge in [-0.1, -0.05) is 36.5 Å². The molecule has 0 unspecified atom stereocenters. The van der Waals surface area contributed by atoms with Crippen LogP contribution in [0.5, 0.6) is 0 Å². The van der Waals surface area contributed by atoms with Crippen molar-refractivity contribution in [3.05, 3.63) is 77.2 Å². The zero-order valence-electron chi connectivity index (χ0n) is 13.3. The quantitative estimate of drug-likeness (QED) is 0.339. The smallest absolute Gasteiger partial charge is 0.423 e. The van der Waals surface area contributed by atoms with Crippen LogP contribution < -0.4 is 5.46 Å². The van der Waals surface area contributed by atoms with Gasteiger partial charge in [-0.05, 0) is 6.42 Å². The maximum Gasteiger partial charge on any atom is 0.492 e. The van der Waals surface area contributed by atoms with Gasteiger partial charge in [-0.25, -0.2) is 30.7 Å². The number of rotatable bonds is 1. The second-order valence-electron chi connectivity index (χ2n) is 5.21. The molecule has 0 saturated heterocycles. The lowest BCUT2D eigenvalue weighted by Gasteiger charge is -2.12. The second-order valence-corrected chi connectivity index (χ2v) is 5.21. The first kappa shape index (κ1) is 20.7.